The van der Waals surface area contributed by atoms with Crippen LogP contribution >= 0.6 is 0 Å². The second-order valence-corrected chi connectivity index (χ2v) is 4.18. The monoisotopic (exact) mass is 230 g/mol. The minimum atomic E-state index is 0.0306. The average Bonchev–Trinajstić information content (AvgIpc) is 2.27. The first-order valence-corrected chi connectivity index (χ1v) is 5.31. The topological polar surface area (TPSA) is 60.7 Å². The Bertz CT molecular complexity index is 574. The second-order valence-electron chi connectivity index (χ2n) is 4.18. The van der Waals surface area contributed by atoms with Crippen molar-refractivity contribution in [3.63, 3.8) is 0 Å². The molecule has 88 valence electrons. The first-order valence-electron chi connectivity index (χ1n) is 5.31. The molecule has 0 amide bonds. The normalized spacial score (nSPS) is 10.5. The summed E-state index contributed by atoms with van der Waals surface area (Å²) in [5.41, 5.74) is 2.67. The number of hydrogen-bond donors (Lipinski definition) is 3. The molecular weight excluding hydrogens is 216 g/mol. The Balaban J connectivity index is 2.72. The number of rotatable bonds is 1. The molecule has 3 nitrogen and oxygen atoms in total. The summed E-state index contributed by atoms with van der Waals surface area (Å²) < 4.78 is 0. The molecule has 0 fully saturated rings. The van der Waals surface area contributed by atoms with Gasteiger partial charge in [0.2, 0.25) is 0 Å². The lowest BCUT2D eigenvalue weighted by Crippen LogP contribution is -1.86. The fourth-order valence-corrected chi connectivity index (χ4v) is 1.91. The van der Waals surface area contributed by atoms with E-state index >= 15 is 0 Å². The second kappa shape index (κ2) is 4.01. The van der Waals surface area contributed by atoms with Crippen LogP contribution in [0.25, 0.3) is 11.1 Å². The van der Waals surface area contributed by atoms with Crippen LogP contribution in [0.2, 0.25) is 0 Å². The lowest BCUT2D eigenvalue weighted by atomic mass is 9.98. The van der Waals surface area contributed by atoms with Crippen LogP contribution in [0.15, 0.2) is 30.3 Å². The zero-order valence-corrected chi connectivity index (χ0v) is 9.73. The molecule has 0 unspecified atom stereocenters. The van der Waals surface area contributed by atoms with Crippen LogP contribution in [0.1, 0.15) is 11.1 Å². The third-order valence-electron chi connectivity index (χ3n) is 2.72. The molecule has 0 aromatic heterocycles. The van der Waals surface area contributed by atoms with Crippen LogP contribution in [0.4, 0.5) is 0 Å². The molecule has 0 aliphatic rings. The van der Waals surface area contributed by atoms with Gasteiger partial charge in [-0.15, -0.1) is 0 Å². The van der Waals surface area contributed by atoms with Gasteiger partial charge in [-0.2, -0.15) is 0 Å². The average molecular weight is 230 g/mol. The molecule has 3 N–H and O–H groups in total. The zero-order valence-electron chi connectivity index (χ0n) is 9.73. The van der Waals surface area contributed by atoms with E-state index in [9.17, 15) is 15.3 Å². The van der Waals surface area contributed by atoms with Gasteiger partial charge in [0.15, 0.2) is 0 Å². The highest BCUT2D eigenvalue weighted by molar-refractivity contribution is 5.78. The van der Waals surface area contributed by atoms with Crippen LogP contribution in [-0.4, -0.2) is 15.3 Å². The predicted molar refractivity (Wildman–Crippen MR) is 66.3 cm³/mol. The van der Waals surface area contributed by atoms with E-state index in [2.05, 4.69) is 0 Å². The van der Waals surface area contributed by atoms with Gasteiger partial charge in [0, 0.05) is 11.1 Å². The Labute approximate surface area is 99.6 Å². The summed E-state index contributed by atoms with van der Waals surface area (Å²) in [6.07, 6.45) is 0. The van der Waals surface area contributed by atoms with Crippen LogP contribution in [0.5, 0.6) is 17.2 Å². The molecule has 0 aliphatic carbocycles. The van der Waals surface area contributed by atoms with E-state index < -0.39 is 0 Å². The lowest BCUT2D eigenvalue weighted by Gasteiger charge is -2.11. The van der Waals surface area contributed by atoms with Gasteiger partial charge < -0.3 is 15.3 Å². The summed E-state index contributed by atoms with van der Waals surface area (Å²) in [5.74, 6) is 0.205. The van der Waals surface area contributed by atoms with E-state index in [0.29, 0.717) is 11.1 Å². The van der Waals surface area contributed by atoms with Crippen molar-refractivity contribution in [2.45, 2.75) is 13.8 Å². The largest absolute Gasteiger partial charge is 0.508 e. The summed E-state index contributed by atoms with van der Waals surface area (Å²) in [6, 6.07) is 7.87. The molecular formula is C14H14O3. The first-order chi connectivity index (χ1) is 7.99. The van der Waals surface area contributed by atoms with Crippen molar-refractivity contribution < 1.29 is 15.3 Å². The van der Waals surface area contributed by atoms with Gasteiger partial charge >= 0.3 is 0 Å². The van der Waals surface area contributed by atoms with Gasteiger partial charge in [0.05, 0.1) is 0 Å². The maximum Gasteiger partial charge on any atom is 0.126 e. The molecule has 0 radical (unpaired) electrons. The number of phenols is 3. The van der Waals surface area contributed by atoms with Crippen molar-refractivity contribution in [1.29, 1.82) is 0 Å². The van der Waals surface area contributed by atoms with E-state index in [1.165, 1.54) is 18.2 Å². The van der Waals surface area contributed by atoms with Crippen molar-refractivity contribution >= 4 is 0 Å². The fourth-order valence-electron chi connectivity index (χ4n) is 1.91. The number of phenolic OH excluding ortho intramolecular Hbond substituents is 3. The van der Waals surface area contributed by atoms with Gasteiger partial charge in [-0.1, -0.05) is 6.07 Å². The van der Waals surface area contributed by atoms with Crippen LogP contribution < -0.4 is 0 Å². The van der Waals surface area contributed by atoms with Crippen LogP contribution in [-0.2, 0) is 0 Å². The molecule has 2 rings (SSSR count). The highest BCUT2D eigenvalue weighted by Gasteiger charge is 2.12. The Morgan fingerprint density at radius 2 is 1.53 bits per heavy atom. The Kier molecular flexibility index (Phi) is 2.68. The Morgan fingerprint density at radius 3 is 2.24 bits per heavy atom. The first kappa shape index (κ1) is 11.3. The summed E-state index contributed by atoms with van der Waals surface area (Å²) >= 11 is 0. The zero-order chi connectivity index (χ0) is 12.6. The number of aryl methyl sites for hydroxylation is 2. The minimum absolute atomic E-state index is 0.0306. The summed E-state index contributed by atoms with van der Waals surface area (Å²) in [5, 5.41) is 29.2. The molecule has 0 spiro atoms. The van der Waals surface area contributed by atoms with E-state index in [0.717, 1.165) is 11.1 Å². The van der Waals surface area contributed by atoms with Crippen molar-refractivity contribution in [2.24, 2.45) is 0 Å². The van der Waals surface area contributed by atoms with Gasteiger partial charge in [-0.3, -0.25) is 0 Å². The van der Waals surface area contributed by atoms with Gasteiger partial charge in [-0.05, 0) is 49.2 Å². The standard InChI is InChI=1S/C14H14O3/c1-8-5-9(2)14(17)12(6-8)11-7-10(15)3-4-13(11)16/h3-7,15-17H,1-2H3. The van der Waals surface area contributed by atoms with Gasteiger partial charge in [0.25, 0.3) is 0 Å². The quantitative estimate of drug-likeness (QED) is 0.660. The molecule has 0 saturated heterocycles. The molecule has 0 atom stereocenters. The number of aromatic hydroxyl groups is 3. The van der Waals surface area contributed by atoms with Crippen molar-refractivity contribution in [2.75, 3.05) is 0 Å². The molecule has 17 heavy (non-hydrogen) atoms. The molecule has 0 heterocycles. The maximum atomic E-state index is 10.00. The minimum Gasteiger partial charge on any atom is -0.508 e. The summed E-state index contributed by atoms with van der Waals surface area (Å²) in [6.45, 7) is 3.71. The van der Waals surface area contributed by atoms with Crippen molar-refractivity contribution in [1.82, 2.24) is 0 Å². The van der Waals surface area contributed by atoms with Gasteiger partial charge in [0.1, 0.15) is 17.2 Å². The Hall–Kier alpha value is -2.16. The van der Waals surface area contributed by atoms with E-state index in [-0.39, 0.29) is 17.2 Å². The fraction of sp³-hybridized carbons (Fsp3) is 0.143. The van der Waals surface area contributed by atoms with E-state index in [1.54, 1.807) is 13.0 Å². The number of benzene rings is 2. The molecule has 0 bridgehead atoms. The SMILES string of the molecule is Cc1cc(C)c(O)c(-c2cc(O)ccc2O)c1. The van der Waals surface area contributed by atoms with Crippen LogP contribution in [0, 0.1) is 13.8 Å². The highest BCUT2D eigenvalue weighted by atomic mass is 16.3. The molecule has 3 heteroatoms. The van der Waals surface area contributed by atoms with E-state index in [4.69, 9.17) is 0 Å². The predicted octanol–water partition coefficient (Wildman–Crippen LogP) is 3.09. The third kappa shape index (κ3) is 2.04. The smallest absolute Gasteiger partial charge is 0.126 e. The molecule has 0 aliphatic heterocycles. The number of hydrogen-bond acceptors (Lipinski definition) is 3. The van der Waals surface area contributed by atoms with Gasteiger partial charge in [-0.25, -0.2) is 0 Å². The van der Waals surface area contributed by atoms with Crippen LogP contribution in [0.3, 0.4) is 0 Å². The summed E-state index contributed by atoms with van der Waals surface area (Å²) in [7, 11) is 0. The maximum absolute atomic E-state index is 10.00. The third-order valence-corrected chi connectivity index (χ3v) is 2.72. The van der Waals surface area contributed by atoms with Crippen molar-refractivity contribution in [3.05, 3.63) is 41.5 Å². The molecule has 2 aromatic rings. The molecule has 2 aromatic carbocycles. The lowest BCUT2D eigenvalue weighted by molar-refractivity contribution is 0.458. The highest BCUT2D eigenvalue weighted by Crippen LogP contribution is 2.39. The van der Waals surface area contributed by atoms with E-state index in [1.807, 2.05) is 13.0 Å². The Morgan fingerprint density at radius 1 is 0.824 bits per heavy atom. The summed E-state index contributed by atoms with van der Waals surface area (Å²) in [4.78, 5) is 0. The molecule has 0 saturated carbocycles. The van der Waals surface area contributed by atoms with Crippen molar-refractivity contribution in [3.8, 4) is 28.4 Å².